The number of halogens is 1. The van der Waals surface area contributed by atoms with Gasteiger partial charge in [0.15, 0.2) is 0 Å². The number of nitrogens with one attached hydrogen (secondary N) is 1. The van der Waals surface area contributed by atoms with Crippen molar-refractivity contribution >= 4 is 17.5 Å². The monoisotopic (exact) mass is 279 g/mol. The largest absolute Gasteiger partial charge is 0.472 e. The molecule has 0 aliphatic rings. The Bertz CT molecular complexity index is 522. The first-order chi connectivity index (χ1) is 9.15. The molecule has 1 amide bonds. The second kappa shape index (κ2) is 6.41. The Balaban J connectivity index is 1.80. The van der Waals surface area contributed by atoms with Crippen LogP contribution in [0.1, 0.15) is 17.2 Å². The standard InChI is InChI=1S/C14H14ClNO3/c15-12-3-1-10(2-4-12)7-14(18)16-8-13(17)11-5-6-19-9-11/h1-6,9,13,17H,7-8H2,(H,16,18)/t13-/m0/s1. The van der Waals surface area contributed by atoms with Crippen molar-refractivity contribution in [3.8, 4) is 0 Å². The molecule has 2 aromatic rings. The number of hydrogen-bond acceptors (Lipinski definition) is 3. The van der Waals surface area contributed by atoms with E-state index in [0.717, 1.165) is 5.56 Å². The Morgan fingerprint density at radius 3 is 2.68 bits per heavy atom. The summed E-state index contributed by atoms with van der Waals surface area (Å²) < 4.78 is 4.86. The van der Waals surface area contributed by atoms with E-state index in [1.165, 1.54) is 12.5 Å². The van der Waals surface area contributed by atoms with Gasteiger partial charge in [0.2, 0.25) is 5.91 Å². The van der Waals surface area contributed by atoms with Gasteiger partial charge >= 0.3 is 0 Å². The molecule has 2 N–H and O–H groups in total. The number of furan rings is 1. The first-order valence-electron chi connectivity index (χ1n) is 5.86. The van der Waals surface area contributed by atoms with Crippen molar-refractivity contribution in [1.29, 1.82) is 0 Å². The van der Waals surface area contributed by atoms with Gasteiger partial charge in [0.1, 0.15) is 0 Å². The van der Waals surface area contributed by atoms with E-state index in [-0.39, 0.29) is 18.9 Å². The Morgan fingerprint density at radius 1 is 1.32 bits per heavy atom. The van der Waals surface area contributed by atoms with Crippen LogP contribution >= 0.6 is 11.6 Å². The van der Waals surface area contributed by atoms with Gasteiger partial charge in [-0.05, 0) is 23.8 Å². The fourth-order valence-corrected chi connectivity index (χ4v) is 1.77. The Kier molecular flexibility index (Phi) is 4.60. The number of benzene rings is 1. The van der Waals surface area contributed by atoms with Crippen molar-refractivity contribution in [3.63, 3.8) is 0 Å². The molecule has 0 unspecified atom stereocenters. The van der Waals surface area contributed by atoms with E-state index < -0.39 is 6.10 Å². The van der Waals surface area contributed by atoms with E-state index in [1.54, 1.807) is 30.3 Å². The molecule has 4 nitrogen and oxygen atoms in total. The topological polar surface area (TPSA) is 62.5 Å². The molecule has 1 heterocycles. The zero-order valence-electron chi connectivity index (χ0n) is 10.2. The van der Waals surface area contributed by atoms with E-state index in [1.807, 2.05) is 0 Å². The molecule has 1 aromatic carbocycles. The summed E-state index contributed by atoms with van der Waals surface area (Å²) in [6.07, 6.45) is 2.44. The van der Waals surface area contributed by atoms with Crippen LogP contribution in [-0.4, -0.2) is 17.6 Å². The van der Waals surface area contributed by atoms with Crippen LogP contribution in [0.2, 0.25) is 5.02 Å². The maximum absolute atomic E-state index is 11.7. The molecule has 0 fully saturated rings. The molecule has 0 bridgehead atoms. The number of hydrogen-bond donors (Lipinski definition) is 2. The second-order valence-electron chi connectivity index (χ2n) is 4.18. The average molecular weight is 280 g/mol. The van der Waals surface area contributed by atoms with Crippen LogP contribution < -0.4 is 5.32 Å². The van der Waals surface area contributed by atoms with E-state index in [4.69, 9.17) is 16.0 Å². The zero-order valence-corrected chi connectivity index (χ0v) is 10.9. The average Bonchev–Trinajstić information content (AvgIpc) is 2.93. The highest BCUT2D eigenvalue weighted by molar-refractivity contribution is 6.30. The van der Waals surface area contributed by atoms with Crippen molar-refractivity contribution in [2.45, 2.75) is 12.5 Å². The molecule has 0 saturated heterocycles. The number of carbonyl (C=O) groups excluding carboxylic acids is 1. The lowest BCUT2D eigenvalue weighted by molar-refractivity contribution is -0.120. The van der Waals surface area contributed by atoms with Gasteiger partial charge in [0.05, 0.1) is 25.1 Å². The normalized spacial score (nSPS) is 12.1. The molecule has 0 saturated carbocycles. The molecule has 2 rings (SSSR count). The first kappa shape index (κ1) is 13.6. The first-order valence-corrected chi connectivity index (χ1v) is 6.24. The lowest BCUT2D eigenvalue weighted by Crippen LogP contribution is -2.29. The summed E-state index contributed by atoms with van der Waals surface area (Å²) >= 11 is 5.77. The summed E-state index contributed by atoms with van der Waals surface area (Å²) in [5.74, 6) is -0.148. The summed E-state index contributed by atoms with van der Waals surface area (Å²) in [4.78, 5) is 11.7. The minimum absolute atomic E-state index is 0.148. The predicted octanol–water partition coefficient (Wildman–Crippen LogP) is 2.33. The Hall–Kier alpha value is -1.78. The Morgan fingerprint density at radius 2 is 2.05 bits per heavy atom. The maximum atomic E-state index is 11.7. The highest BCUT2D eigenvalue weighted by Gasteiger charge is 2.10. The van der Waals surface area contributed by atoms with Crippen LogP contribution in [-0.2, 0) is 11.2 Å². The van der Waals surface area contributed by atoms with Crippen LogP contribution in [0, 0.1) is 0 Å². The molecule has 1 aromatic heterocycles. The third-order valence-electron chi connectivity index (χ3n) is 2.70. The van der Waals surface area contributed by atoms with Crippen LogP contribution in [0.15, 0.2) is 47.3 Å². The van der Waals surface area contributed by atoms with Gasteiger partial charge in [-0.15, -0.1) is 0 Å². The lowest BCUT2D eigenvalue weighted by atomic mass is 10.1. The zero-order chi connectivity index (χ0) is 13.7. The summed E-state index contributed by atoms with van der Waals surface area (Å²) in [7, 11) is 0. The molecule has 100 valence electrons. The number of amides is 1. The smallest absolute Gasteiger partial charge is 0.224 e. The summed E-state index contributed by atoms with van der Waals surface area (Å²) in [6.45, 7) is 0.159. The van der Waals surface area contributed by atoms with Crippen molar-refractivity contribution in [1.82, 2.24) is 5.32 Å². The van der Waals surface area contributed by atoms with Crippen molar-refractivity contribution in [2.75, 3.05) is 6.54 Å². The summed E-state index contributed by atoms with van der Waals surface area (Å²) in [5.41, 5.74) is 1.52. The minimum Gasteiger partial charge on any atom is -0.472 e. The number of aliphatic hydroxyl groups excluding tert-OH is 1. The molecule has 5 heteroatoms. The highest BCUT2D eigenvalue weighted by atomic mass is 35.5. The van der Waals surface area contributed by atoms with E-state index in [2.05, 4.69) is 5.32 Å². The van der Waals surface area contributed by atoms with Crippen LogP contribution in [0.3, 0.4) is 0 Å². The maximum Gasteiger partial charge on any atom is 0.224 e. The van der Waals surface area contributed by atoms with Gasteiger partial charge in [0.25, 0.3) is 0 Å². The van der Waals surface area contributed by atoms with Crippen molar-refractivity contribution in [2.24, 2.45) is 0 Å². The molecule has 0 aliphatic heterocycles. The summed E-state index contributed by atoms with van der Waals surface area (Å²) in [5, 5.41) is 13.1. The second-order valence-corrected chi connectivity index (χ2v) is 4.62. The predicted molar refractivity (Wildman–Crippen MR) is 71.8 cm³/mol. The molecule has 0 spiro atoms. The third kappa shape index (κ3) is 4.12. The third-order valence-corrected chi connectivity index (χ3v) is 2.95. The van der Waals surface area contributed by atoms with Crippen molar-refractivity contribution in [3.05, 3.63) is 59.0 Å². The molecular weight excluding hydrogens is 266 g/mol. The van der Waals surface area contributed by atoms with Gasteiger partial charge in [-0.25, -0.2) is 0 Å². The number of carbonyl (C=O) groups is 1. The van der Waals surface area contributed by atoms with Gasteiger partial charge in [-0.1, -0.05) is 23.7 Å². The molecule has 0 radical (unpaired) electrons. The molecule has 1 atom stereocenters. The fourth-order valence-electron chi connectivity index (χ4n) is 1.64. The quantitative estimate of drug-likeness (QED) is 0.883. The van der Waals surface area contributed by atoms with Crippen LogP contribution in [0.5, 0.6) is 0 Å². The minimum atomic E-state index is -0.757. The Labute approximate surface area is 116 Å². The molecule has 0 aliphatic carbocycles. The fraction of sp³-hybridized carbons (Fsp3) is 0.214. The number of rotatable bonds is 5. The summed E-state index contributed by atoms with van der Waals surface area (Å²) in [6, 6.07) is 8.74. The number of aliphatic hydroxyl groups is 1. The van der Waals surface area contributed by atoms with Crippen LogP contribution in [0.4, 0.5) is 0 Å². The van der Waals surface area contributed by atoms with Gasteiger partial charge in [-0.3, -0.25) is 4.79 Å². The van der Waals surface area contributed by atoms with Gasteiger partial charge in [0, 0.05) is 17.1 Å². The van der Waals surface area contributed by atoms with Crippen molar-refractivity contribution < 1.29 is 14.3 Å². The molecule has 19 heavy (non-hydrogen) atoms. The van der Waals surface area contributed by atoms with E-state index in [0.29, 0.717) is 10.6 Å². The molecular formula is C14H14ClNO3. The van der Waals surface area contributed by atoms with Gasteiger partial charge in [-0.2, -0.15) is 0 Å². The van der Waals surface area contributed by atoms with E-state index >= 15 is 0 Å². The lowest BCUT2D eigenvalue weighted by Gasteiger charge is -2.10. The SMILES string of the molecule is O=C(Cc1ccc(Cl)cc1)NC[C@H](O)c1ccoc1. The highest BCUT2D eigenvalue weighted by Crippen LogP contribution is 2.12. The van der Waals surface area contributed by atoms with E-state index in [9.17, 15) is 9.90 Å². The van der Waals surface area contributed by atoms with Gasteiger partial charge < -0.3 is 14.8 Å². The van der Waals surface area contributed by atoms with Crippen LogP contribution in [0.25, 0.3) is 0 Å².